The molecule has 5 N–H and O–H groups in total. The van der Waals surface area contributed by atoms with Gasteiger partial charge in [0.15, 0.2) is 5.82 Å². The van der Waals surface area contributed by atoms with Crippen molar-refractivity contribution in [1.82, 2.24) is 24.4 Å². The lowest BCUT2D eigenvalue weighted by Crippen LogP contribution is -2.57. The molecule has 4 aromatic heterocycles. The van der Waals surface area contributed by atoms with Crippen LogP contribution in [0.25, 0.3) is 11.3 Å². The number of nitrogens with zero attached hydrogens (tertiary/aromatic N) is 8. The lowest BCUT2D eigenvalue weighted by Gasteiger charge is -2.47. The topological polar surface area (TPSA) is 219 Å². The number of aliphatic hydroxyl groups is 1. The summed E-state index contributed by atoms with van der Waals surface area (Å²) in [7, 11) is -3.09. The number of phosphoric acid groups is 1. The first-order valence-corrected chi connectivity index (χ1v) is 26.3. The van der Waals surface area contributed by atoms with E-state index in [4.69, 9.17) is 14.5 Å². The van der Waals surface area contributed by atoms with Gasteiger partial charge in [-0.1, -0.05) is 12.6 Å². The van der Waals surface area contributed by atoms with Crippen LogP contribution in [0, 0.1) is 0 Å². The smallest absolute Gasteiger partial charge is 0.389 e. The number of nitrogens with one attached hydrogen (secondary N) is 2. The Labute approximate surface area is 411 Å². The van der Waals surface area contributed by atoms with Crippen LogP contribution in [0.5, 0.6) is 0 Å². The summed E-state index contributed by atoms with van der Waals surface area (Å²) in [4.78, 5) is 84.6. The van der Waals surface area contributed by atoms with Gasteiger partial charge in [-0.25, -0.2) is 19.5 Å². The molecule has 2 atom stereocenters. The van der Waals surface area contributed by atoms with E-state index >= 15 is 0 Å². The predicted octanol–water partition coefficient (Wildman–Crippen LogP) is 6.83. The van der Waals surface area contributed by atoms with Gasteiger partial charge < -0.3 is 39.9 Å². The second-order valence-corrected chi connectivity index (χ2v) is 21.4. The quantitative estimate of drug-likeness (QED) is 0.0604. The van der Waals surface area contributed by atoms with Gasteiger partial charge in [-0.3, -0.25) is 28.7 Å². The van der Waals surface area contributed by atoms with Crippen LogP contribution in [0.3, 0.4) is 0 Å². The molecule has 1 aliphatic carbocycles. The number of pyridine rings is 2. The van der Waals surface area contributed by atoms with E-state index in [9.17, 15) is 33.8 Å². The molecule has 18 nitrogen and oxygen atoms in total. The SMILES string of the molecule is C=CC(=O)Nc1cc(Nc2nc(-c3ccnc(N4CCc5c(sc6c5CCCC6)C4=O)c3C(C)O)cn(C)c2=O)ccc1N1CCN(C2CCN(c3cccc(C(C)(C)OP(=O)(O)O)n3)CC2)C[C@@H]1C. The normalized spacial score (nSPS) is 18.6. The van der Waals surface area contributed by atoms with Gasteiger partial charge in [-0.2, -0.15) is 0 Å². The van der Waals surface area contributed by atoms with E-state index in [0.717, 1.165) is 93.1 Å². The Morgan fingerprint density at radius 1 is 1.01 bits per heavy atom. The Bertz CT molecular complexity index is 2940. The van der Waals surface area contributed by atoms with Crippen molar-refractivity contribution >= 4 is 65.5 Å². The molecule has 2 saturated heterocycles. The Morgan fingerprint density at radius 2 is 1.79 bits per heavy atom. The average Bonchev–Trinajstić information content (AvgIpc) is 3.72. The highest BCUT2D eigenvalue weighted by Crippen LogP contribution is 2.45. The van der Waals surface area contributed by atoms with Gasteiger partial charge in [0.2, 0.25) is 5.91 Å². The van der Waals surface area contributed by atoms with Gasteiger partial charge >= 0.3 is 7.82 Å². The maximum absolute atomic E-state index is 14.1. The van der Waals surface area contributed by atoms with Crippen LogP contribution in [0.15, 0.2) is 72.3 Å². The van der Waals surface area contributed by atoms with Crippen LogP contribution in [0.2, 0.25) is 0 Å². The number of hydrogen-bond acceptors (Lipinski definition) is 14. The Kier molecular flexibility index (Phi) is 13.9. The summed E-state index contributed by atoms with van der Waals surface area (Å²) >= 11 is 1.59. The molecule has 9 rings (SSSR count). The summed E-state index contributed by atoms with van der Waals surface area (Å²) in [5.74, 6) is 0.642. The first kappa shape index (κ1) is 49.2. The first-order chi connectivity index (χ1) is 33.4. The van der Waals surface area contributed by atoms with Crippen molar-refractivity contribution in [1.29, 1.82) is 0 Å². The third kappa shape index (κ3) is 10.1. The number of rotatable bonds is 13. The highest BCUT2D eigenvalue weighted by molar-refractivity contribution is 7.46. The van der Waals surface area contributed by atoms with E-state index < -0.39 is 25.1 Å². The number of fused-ring (bicyclic) bond motifs is 3. The molecular weight excluding hydrogens is 932 g/mol. The molecule has 0 spiro atoms. The molecule has 0 bridgehead atoms. The van der Waals surface area contributed by atoms with Crippen LogP contribution < -0.4 is 30.9 Å². The fraction of sp³-hybridized carbons (Fsp3) is 0.440. The van der Waals surface area contributed by atoms with Crippen molar-refractivity contribution in [2.75, 3.05) is 64.6 Å². The molecule has 4 aliphatic rings. The van der Waals surface area contributed by atoms with E-state index in [1.165, 1.54) is 21.1 Å². The summed E-state index contributed by atoms with van der Waals surface area (Å²) in [5.41, 5.74) is 4.52. The minimum atomic E-state index is -4.73. The molecule has 1 aromatic carbocycles. The van der Waals surface area contributed by atoms with Crippen LogP contribution in [-0.4, -0.2) is 102 Å². The second-order valence-electron chi connectivity index (χ2n) is 19.2. The maximum atomic E-state index is 14.1. The van der Waals surface area contributed by atoms with Crippen molar-refractivity contribution in [3.8, 4) is 11.3 Å². The van der Waals surface area contributed by atoms with E-state index in [-0.39, 0.29) is 23.7 Å². The van der Waals surface area contributed by atoms with Gasteiger partial charge in [0.1, 0.15) is 17.2 Å². The Morgan fingerprint density at radius 3 is 2.51 bits per heavy atom. The molecule has 1 unspecified atom stereocenters. The summed E-state index contributed by atoms with van der Waals surface area (Å²) in [6.07, 6.45) is 10.2. The zero-order valence-corrected chi connectivity index (χ0v) is 41.9. The number of aliphatic hydroxyl groups excluding tert-OH is 1. The number of aryl methyl sites for hydroxylation is 2. The number of amides is 2. The lowest BCUT2D eigenvalue weighted by atomic mass is 9.91. The fourth-order valence-corrected chi connectivity index (χ4v) is 12.6. The van der Waals surface area contributed by atoms with E-state index in [1.54, 1.807) is 74.6 Å². The summed E-state index contributed by atoms with van der Waals surface area (Å²) in [6, 6.07) is 13.2. The van der Waals surface area contributed by atoms with Crippen LogP contribution in [0.1, 0.15) is 96.4 Å². The third-order valence-electron chi connectivity index (χ3n) is 14.0. The van der Waals surface area contributed by atoms with Crippen molar-refractivity contribution < 1.29 is 33.6 Å². The third-order valence-corrected chi connectivity index (χ3v) is 16.0. The van der Waals surface area contributed by atoms with Crippen molar-refractivity contribution in [3.05, 3.63) is 110 Å². The Balaban J connectivity index is 0.910. The molecule has 0 saturated carbocycles. The number of piperazine rings is 1. The molecule has 2 fully saturated rings. The van der Waals surface area contributed by atoms with Crippen LogP contribution >= 0.6 is 19.2 Å². The van der Waals surface area contributed by atoms with E-state index in [1.807, 2.05) is 24.3 Å². The number of aromatic nitrogens is 4. The monoisotopic (exact) mass is 992 g/mol. The molecule has 7 heterocycles. The van der Waals surface area contributed by atoms with Gasteiger partial charge in [0, 0.05) is 92.5 Å². The zero-order chi connectivity index (χ0) is 49.6. The summed E-state index contributed by atoms with van der Waals surface area (Å²) in [5, 5.41) is 17.5. The van der Waals surface area contributed by atoms with Crippen molar-refractivity contribution in [3.63, 3.8) is 0 Å². The standard InChI is InChI=1S/C50H61N10O8PS/c1-7-43(62)53-37-27-32(15-16-39(37)59-26-25-58(28-30(59)2)33-18-22-57(23-19-33)42-14-10-13-41(55-42)50(4,5)68-69(65,66)67)52-46-49(64)56(6)29-38(54-46)36-17-21-51-47(44(36)31(3)61)60-24-20-35-34-11-8-9-12-40(34)70-45(35)48(60)63/h7,10,13-17,21,27,29-31,33,61H,1,8-9,11-12,18-20,22-26,28H2,2-6H3,(H,52,54)(H,53,62)(H2,65,66,67)/t30-,31?/m0/s1. The number of piperidine rings is 1. The molecule has 20 heteroatoms. The molecule has 70 heavy (non-hydrogen) atoms. The van der Waals surface area contributed by atoms with E-state index in [0.29, 0.717) is 58.8 Å². The Hall–Kier alpha value is -5.79. The summed E-state index contributed by atoms with van der Waals surface area (Å²) < 4.78 is 18.1. The summed E-state index contributed by atoms with van der Waals surface area (Å²) in [6.45, 7) is 14.9. The van der Waals surface area contributed by atoms with Crippen molar-refractivity contribution in [2.24, 2.45) is 7.05 Å². The second kappa shape index (κ2) is 19.8. The fourth-order valence-electron chi connectivity index (χ4n) is 10.5. The number of thiophene rings is 1. The maximum Gasteiger partial charge on any atom is 0.470 e. The largest absolute Gasteiger partial charge is 0.470 e. The van der Waals surface area contributed by atoms with Crippen LogP contribution in [-0.2, 0) is 45.8 Å². The number of hydrogen-bond donors (Lipinski definition) is 5. The number of phosphoric ester groups is 1. The molecule has 370 valence electrons. The van der Waals surface area contributed by atoms with Crippen molar-refractivity contribution in [2.45, 2.75) is 96.4 Å². The minimum absolute atomic E-state index is 0.0285. The zero-order valence-electron chi connectivity index (χ0n) is 40.2. The van der Waals surface area contributed by atoms with Gasteiger partial charge in [-0.05, 0) is 126 Å². The van der Waals surface area contributed by atoms with Gasteiger partial charge in [0.25, 0.3) is 11.5 Å². The highest BCUT2D eigenvalue weighted by atomic mass is 32.1. The van der Waals surface area contributed by atoms with E-state index in [2.05, 4.69) is 43.8 Å². The first-order valence-electron chi connectivity index (χ1n) is 23.9. The van der Waals surface area contributed by atoms with Gasteiger partial charge in [0.05, 0.1) is 33.7 Å². The molecule has 3 aliphatic heterocycles. The number of benzene rings is 1. The number of anilines is 6. The number of carbonyl (C=O) groups excluding carboxylic acids is 2. The molecule has 2 amide bonds. The average molecular weight is 993 g/mol. The number of carbonyl (C=O) groups is 2. The minimum Gasteiger partial charge on any atom is -0.389 e. The van der Waals surface area contributed by atoms with Crippen LogP contribution in [0.4, 0.5) is 34.5 Å². The molecule has 5 aromatic rings. The lowest BCUT2D eigenvalue weighted by molar-refractivity contribution is -0.111. The highest BCUT2D eigenvalue weighted by Gasteiger charge is 2.37. The van der Waals surface area contributed by atoms with Gasteiger partial charge in [-0.15, -0.1) is 11.3 Å². The molecular formula is C50H61N10O8PS. The molecule has 0 radical (unpaired) electrons. The predicted molar refractivity (Wildman–Crippen MR) is 272 cm³/mol.